The smallest absolute Gasteiger partial charge is 0.273 e. The van der Waals surface area contributed by atoms with Crippen LogP contribution in [0.1, 0.15) is 38.2 Å². The van der Waals surface area contributed by atoms with Gasteiger partial charge in [0.25, 0.3) is 15.7 Å². The van der Waals surface area contributed by atoms with E-state index in [0.717, 1.165) is 24.7 Å². The van der Waals surface area contributed by atoms with Crippen LogP contribution in [0.15, 0.2) is 47.4 Å². The minimum Gasteiger partial charge on any atom is -0.490 e. The Hall–Kier alpha value is -2.61. The Kier molecular flexibility index (Phi) is 5.88. The zero-order valence-corrected chi connectivity index (χ0v) is 16.8. The van der Waals surface area contributed by atoms with Gasteiger partial charge in [-0.2, -0.15) is 0 Å². The Bertz CT molecular complexity index is 951. The van der Waals surface area contributed by atoms with E-state index in [9.17, 15) is 18.5 Å². The Balaban J connectivity index is 1.87. The lowest BCUT2D eigenvalue weighted by Crippen LogP contribution is -2.30. The van der Waals surface area contributed by atoms with Gasteiger partial charge in [-0.05, 0) is 69.9 Å². The largest absolute Gasteiger partial charge is 0.490 e. The second-order valence-electron chi connectivity index (χ2n) is 6.89. The molecule has 2 aromatic rings. The standard InChI is InChI=1S/C20H24N2O5S/c1-3-21(16-9-11-18(12-10-16)27-17-6-4-5-7-17)28(25,26)19-13-8-15(2)20(14-19)22(23)24/h8-14,17H,3-7H2,1-2H3. The summed E-state index contributed by atoms with van der Waals surface area (Å²) in [6, 6.07) is 10.9. The van der Waals surface area contributed by atoms with E-state index < -0.39 is 14.9 Å². The van der Waals surface area contributed by atoms with Crippen molar-refractivity contribution in [1.29, 1.82) is 0 Å². The fourth-order valence-electron chi connectivity index (χ4n) is 3.45. The van der Waals surface area contributed by atoms with E-state index in [4.69, 9.17) is 4.74 Å². The fourth-order valence-corrected chi connectivity index (χ4v) is 4.95. The second kappa shape index (κ2) is 8.18. The number of nitro benzene ring substituents is 1. The molecule has 1 aliphatic rings. The lowest BCUT2D eigenvalue weighted by atomic mass is 10.2. The Morgan fingerprint density at radius 1 is 1.14 bits per heavy atom. The number of hydrogen-bond acceptors (Lipinski definition) is 5. The summed E-state index contributed by atoms with van der Waals surface area (Å²) in [4.78, 5) is 10.5. The van der Waals surface area contributed by atoms with Gasteiger partial charge < -0.3 is 4.74 Å². The average Bonchev–Trinajstić information content (AvgIpc) is 3.16. The number of aryl methyl sites for hydroxylation is 1. The van der Waals surface area contributed by atoms with Gasteiger partial charge in [0.2, 0.25) is 0 Å². The van der Waals surface area contributed by atoms with Gasteiger partial charge in [0.1, 0.15) is 5.75 Å². The van der Waals surface area contributed by atoms with E-state index in [1.165, 1.54) is 29.3 Å². The van der Waals surface area contributed by atoms with Gasteiger partial charge >= 0.3 is 0 Å². The highest BCUT2D eigenvalue weighted by Crippen LogP contribution is 2.30. The van der Waals surface area contributed by atoms with Gasteiger partial charge in [-0.15, -0.1) is 0 Å². The van der Waals surface area contributed by atoms with E-state index in [0.29, 0.717) is 11.3 Å². The summed E-state index contributed by atoms with van der Waals surface area (Å²) in [6.07, 6.45) is 4.66. The number of sulfonamides is 1. The van der Waals surface area contributed by atoms with Crippen LogP contribution in [0.2, 0.25) is 0 Å². The maximum absolute atomic E-state index is 13.1. The lowest BCUT2D eigenvalue weighted by molar-refractivity contribution is -0.385. The first-order chi connectivity index (χ1) is 13.3. The molecule has 0 aliphatic heterocycles. The molecule has 150 valence electrons. The first-order valence-corrected chi connectivity index (χ1v) is 10.8. The molecule has 2 aromatic carbocycles. The quantitative estimate of drug-likeness (QED) is 0.503. The third-order valence-corrected chi connectivity index (χ3v) is 6.88. The van der Waals surface area contributed by atoms with Crippen molar-refractivity contribution in [3.8, 4) is 5.75 Å². The van der Waals surface area contributed by atoms with Crippen molar-refractivity contribution >= 4 is 21.4 Å². The number of nitrogens with zero attached hydrogens (tertiary/aromatic N) is 2. The Labute approximate surface area is 165 Å². The predicted molar refractivity (Wildman–Crippen MR) is 107 cm³/mol. The topological polar surface area (TPSA) is 89.8 Å². The summed E-state index contributed by atoms with van der Waals surface area (Å²) in [5.41, 5.74) is 0.697. The molecule has 0 spiro atoms. The Morgan fingerprint density at radius 2 is 1.79 bits per heavy atom. The van der Waals surface area contributed by atoms with Crippen LogP contribution in [0.5, 0.6) is 5.75 Å². The van der Waals surface area contributed by atoms with Crippen LogP contribution in [0.4, 0.5) is 11.4 Å². The highest BCUT2D eigenvalue weighted by Gasteiger charge is 2.26. The van der Waals surface area contributed by atoms with E-state index in [1.807, 2.05) is 0 Å². The normalized spacial score (nSPS) is 14.8. The molecule has 28 heavy (non-hydrogen) atoms. The number of hydrogen-bond donors (Lipinski definition) is 0. The molecule has 0 unspecified atom stereocenters. The van der Waals surface area contributed by atoms with Crippen LogP contribution in [-0.4, -0.2) is 26.0 Å². The molecule has 1 saturated carbocycles. The minimum atomic E-state index is -3.92. The van der Waals surface area contributed by atoms with Crippen LogP contribution in [0.25, 0.3) is 0 Å². The van der Waals surface area contributed by atoms with Crippen LogP contribution in [0.3, 0.4) is 0 Å². The molecule has 0 heterocycles. The SMILES string of the molecule is CCN(c1ccc(OC2CCCC2)cc1)S(=O)(=O)c1ccc(C)c([N+](=O)[O-])c1. The minimum absolute atomic E-state index is 0.0991. The van der Waals surface area contributed by atoms with Crippen LogP contribution in [0, 0.1) is 17.0 Å². The molecule has 0 bridgehead atoms. The molecule has 7 nitrogen and oxygen atoms in total. The molecule has 1 fully saturated rings. The Morgan fingerprint density at radius 3 is 2.36 bits per heavy atom. The van der Waals surface area contributed by atoms with E-state index in [1.54, 1.807) is 38.1 Å². The third kappa shape index (κ3) is 4.11. The summed E-state index contributed by atoms with van der Waals surface area (Å²) in [6.45, 7) is 3.51. The first kappa shape index (κ1) is 20.1. The predicted octanol–water partition coefficient (Wildman–Crippen LogP) is 4.44. The van der Waals surface area contributed by atoms with Gasteiger partial charge in [0.15, 0.2) is 0 Å². The van der Waals surface area contributed by atoms with Crippen molar-refractivity contribution in [3.63, 3.8) is 0 Å². The second-order valence-corrected chi connectivity index (χ2v) is 8.76. The van der Waals surface area contributed by atoms with Gasteiger partial charge in [-0.25, -0.2) is 8.42 Å². The van der Waals surface area contributed by atoms with Crippen LogP contribution >= 0.6 is 0 Å². The van der Waals surface area contributed by atoms with Crippen LogP contribution in [-0.2, 0) is 10.0 Å². The molecule has 0 amide bonds. The van der Waals surface area contributed by atoms with Crippen molar-refractivity contribution in [2.45, 2.75) is 50.5 Å². The van der Waals surface area contributed by atoms with E-state index in [2.05, 4.69) is 0 Å². The molecule has 1 aliphatic carbocycles. The van der Waals surface area contributed by atoms with Gasteiger partial charge in [0.05, 0.1) is 21.6 Å². The average molecular weight is 404 g/mol. The monoisotopic (exact) mass is 404 g/mol. The number of ether oxygens (including phenoxy) is 1. The first-order valence-electron chi connectivity index (χ1n) is 9.37. The third-order valence-electron chi connectivity index (χ3n) is 4.98. The maximum atomic E-state index is 13.1. The molecule has 0 saturated heterocycles. The van der Waals surface area contributed by atoms with Crippen molar-refractivity contribution in [1.82, 2.24) is 0 Å². The van der Waals surface area contributed by atoms with Crippen molar-refractivity contribution in [2.24, 2.45) is 0 Å². The van der Waals surface area contributed by atoms with Gasteiger partial charge in [-0.3, -0.25) is 14.4 Å². The summed E-state index contributed by atoms with van der Waals surface area (Å²) < 4.78 is 33.3. The number of rotatable bonds is 7. The molecular weight excluding hydrogens is 380 g/mol. The lowest BCUT2D eigenvalue weighted by Gasteiger charge is -2.23. The molecule has 0 N–H and O–H groups in total. The summed E-state index contributed by atoms with van der Waals surface area (Å²) in [5, 5.41) is 11.2. The molecule has 0 atom stereocenters. The summed E-state index contributed by atoms with van der Waals surface area (Å²) in [7, 11) is -3.92. The zero-order chi connectivity index (χ0) is 20.3. The zero-order valence-electron chi connectivity index (χ0n) is 16.0. The molecule has 0 aromatic heterocycles. The number of nitro groups is 1. The fraction of sp³-hybridized carbons (Fsp3) is 0.400. The highest BCUT2D eigenvalue weighted by molar-refractivity contribution is 7.92. The molecule has 3 rings (SSSR count). The van der Waals surface area contributed by atoms with Crippen molar-refractivity contribution < 1.29 is 18.1 Å². The van der Waals surface area contributed by atoms with Crippen LogP contribution < -0.4 is 9.04 Å². The van der Waals surface area contributed by atoms with Gasteiger partial charge in [0, 0.05) is 18.2 Å². The van der Waals surface area contributed by atoms with E-state index in [-0.39, 0.29) is 23.2 Å². The van der Waals surface area contributed by atoms with Gasteiger partial charge in [-0.1, -0.05) is 6.07 Å². The van der Waals surface area contributed by atoms with E-state index >= 15 is 0 Å². The highest BCUT2D eigenvalue weighted by atomic mass is 32.2. The number of anilines is 1. The molecule has 0 radical (unpaired) electrons. The van der Waals surface area contributed by atoms with Crippen molar-refractivity contribution in [3.05, 3.63) is 58.1 Å². The van der Waals surface area contributed by atoms with Crippen molar-refractivity contribution in [2.75, 3.05) is 10.8 Å². The molecule has 8 heteroatoms. The summed E-state index contributed by atoms with van der Waals surface area (Å²) >= 11 is 0. The summed E-state index contributed by atoms with van der Waals surface area (Å²) in [5.74, 6) is 0.718. The number of benzene rings is 2. The maximum Gasteiger partial charge on any atom is 0.273 e. The molecular formula is C20H24N2O5S.